The standard InChI is InChI=1S/C18H18N4O2/c1-21-11-8-16(20-21)17(23)6-4-14-5-7-18(24-2)15(12-14)13-22-10-3-9-19-22/h3-12H,13H2,1-2H3. The maximum Gasteiger partial charge on any atom is 0.206 e. The molecule has 0 amide bonds. The van der Waals surface area contributed by atoms with Crippen LogP contribution in [0.3, 0.4) is 0 Å². The molecule has 0 unspecified atom stereocenters. The third-order valence-electron chi connectivity index (χ3n) is 3.59. The predicted molar refractivity (Wildman–Crippen MR) is 90.9 cm³/mol. The fourth-order valence-electron chi connectivity index (χ4n) is 2.40. The van der Waals surface area contributed by atoms with E-state index in [-0.39, 0.29) is 5.78 Å². The summed E-state index contributed by atoms with van der Waals surface area (Å²) in [4.78, 5) is 12.1. The summed E-state index contributed by atoms with van der Waals surface area (Å²) in [5, 5.41) is 8.31. The molecule has 122 valence electrons. The highest BCUT2D eigenvalue weighted by atomic mass is 16.5. The van der Waals surface area contributed by atoms with Crippen molar-refractivity contribution in [3.05, 3.63) is 71.8 Å². The second kappa shape index (κ2) is 6.95. The number of rotatable bonds is 6. The number of ether oxygens (including phenoxy) is 1. The molecule has 0 aliphatic rings. The first kappa shape index (κ1) is 15.7. The molecule has 24 heavy (non-hydrogen) atoms. The molecule has 0 atom stereocenters. The summed E-state index contributed by atoms with van der Waals surface area (Å²) in [6, 6.07) is 9.37. The van der Waals surface area contributed by atoms with Crippen LogP contribution in [0.2, 0.25) is 0 Å². The van der Waals surface area contributed by atoms with Crippen molar-refractivity contribution in [2.75, 3.05) is 7.11 Å². The van der Waals surface area contributed by atoms with Crippen LogP contribution in [0, 0.1) is 0 Å². The van der Waals surface area contributed by atoms with Crippen molar-refractivity contribution < 1.29 is 9.53 Å². The normalized spacial score (nSPS) is 11.1. The summed E-state index contributed by atoms with van der Waals surface area (Å²) >= 11 is 0. The van der Waals surface area contributed by atoms with Crippen LogP contribution in [0.1, 0.15) is 21.6 Å². The fourth-order valence-corrected chi connectivity index (χ4v) is 2.40. The zero-order valence-corrected chi connectivity index (χ0v) is 13.6. The highest BCUT2D eigenvalue weighted by Gasteiger charge is 2.07. The Hall–Kier alpha value is -3.15. The average Bonchev–Trinajstić information content (AvgIpc) is 3.24. The van der Waals surface area contributed by atoms with Gasteiger partial charge < -0.3 is 4.74 Å². The van der Waals surface area contributed by atoms with Gasteiger partial charge in [-0.2, -0.15) is 10.2 Å². The zero-order valence-electron chi connectivity index (χ0n) is 13.6. The Bertz CT molecular complexity index is 863. The SMILES string of the molecule is COc1ccc(C=CC(=O)c2ccn(C)n2)cc1Cn1cccn1. The number of hydrogen-bond acceptors (Lipinski definition) is 4. The highest BCUT2D eigenvalue weighted by Crippen LogP contribution is 2.21. The molecule has 0 aliphatic carbocycles. The molecule has 3 aromatic rings. The summed E-state index contributed by atoms with van der Waals surface area (Å²) < 4.78 is 8.83. The quantitative estimate of drug-likeness (QED) is 0.517. The van der Waals surface area contributed by atoms with E-state index in [2.05, 4.69) is 10.2 Å². The van der Waals surface area contributed by atoms with E-state index in [4.69, 9.17) is 4.74 Å². The lowest BCUT2D eigenvalue weighted by Gasteiger charge is -2.09. The number of benzene rings is 1. The average molecular weight is 322 g/mol. The van der Waals surface area contributed by atoms with Crippen LogP contribution < -0.4 is 4.74 Å². The minimum Gasteiger partial charge on any atom is -0.496 e. The Kier molecular flexibility index (Phi) is 4.56. The van der Waals surface area contributed by atoms with Gasteiger partial charge >= 0.3 is 0 Å². The number of carbonyl (C=O) groups is 1. The van der Waals surface area contributed by atoms with E-state index in [1.165, 1.54) is 6.08 Å². The van der Waals surface area contributed by atoms with Crippen LogP contribution in [-0.2, 0) is 13.6 Å². The fraction of sp³-hybridized carbons (Fsp3) is 0.167. The molecule has 6 heteroatoms. The van der Waals surface area contributed by atoms with Crippen LogP contribution in [0.25, 0.3) is 6.08 Å². The molecule has 2 heterocycles. The van der Waals surface area contributed by atoms with Crippen molar-refractivity contribution in [3.8, 4) is 5.75 Å². The minimum atomic E-state index is -0.125. The molecule has 0 N–H and O–H groups in total. The number of allylic oxidation sites excluding steroid dienone is 1. The number of carbonyl (C=O) groups excluding carboxylic acids is 1. The number of methoxy groups -OCH3 is 1. The van der Waals surface area contributed by atoms with Gasteiger partial charge in [0.05, 0.1) is 13.7 Å². The van der Waals surface area contributed by atoms with Gasteiger partial charge in [0.1, 0.15) is 11.4 Å². The number of ketones is 1. The van der Waals surface area contributed by atoms with Crippen molar-refractivity contribution in [2.24, 2.45) is 7.05 Å². The number of nitrogens with zero attached hydrogens (tertiary/aromatic N) is 4. The van der Waals surface area contributed by atoms with Gasteiger partial charge in [0.15, 0.2) is 0 Å². The van der Waals surface area contributed by atoms with Gasteiger partial charge in [-0.3, -0.25) is 14.2 Å². The molecule has 0 saturated carbocycles. The first-order chi connectivity index (χ1) is 11.7. The van der Waals surface area contributed by atoms with Gasteiger partial charge in [0.2, 0.25) is 5.78 Å². The number of aryl methyl sites for hydroxylation is 1. The Morgan fingerprint density at radius 1 is 1.29 bits per heavy atom. The molecular weight excluding hydrogens is 304 g/mol. The molecule has 0 aliphatic heterocycles. The molecule has 3 rings (SSSR count). The minimum absolute atomic E-state index is 0.125. The first-order valence-corrected chi connectivity index (χ1v) is 7.52. The Morgan fingerprint density at radius 3 is 2.83 bits per heavy atom. The topological polar surface area (TPSA) is 61.9 Å². The van der Waals surface area contributed by atoms with Gasteiger partial charge in [-0.15, -0.1) is 0 Å². The number of hydrogen-bond donors (Lipinski definition) is 0. The van der Waals surface area contributed by atoms with Crippen molar-refractivity contribution in [3.63, 3.8) is 0 Å². The lowest BCUT2D eigenvalue weighted by molar-refractivity contribution is 0.104. The summed E-state index contributed by atoms with van der Waals surface area (Å²) in [5.41, 5.74) is 2.34. The maximum absolute atomic E-state index is 12.1. The zero-order chi connectivity index (χ0) is 16.9. The van der Waals surface area contributed by atoms with Gasteiger partial charge in [-0.05, 0) is 35.9 Å². The summed E-state index contributed by atoms with van der Waals surface area (Å²) in [5.74, 6) is 0.666. The van der Waals surface area contributed by atoms with Crippen LogP contribution >= 0.6 is 0 Å². The summed E-state index contributed by atoms with van der Waals surface area (Å²) in [6.07, 6.45) is 8.69. The summed E-state index contributed by atoms with van der Waals surface area (Å²) in [7, 11) is 3.42. The molecule has 6 nitrogen and oxygen atoms in total. The molecule has 0 spiro atoms. The van der Waals surface area contributed by atoms with Crippen molar-refractivity contribution in [1.82, 2.24) is 19.6 Å². The second-order valence-corrected chi connectivity index (χ2v) is 5.35. The highest BCUT2D eigenvalue weighted by molar-refractivity contribution is 6.05. The van der Waals surface area contributed by atoms with Gasteiger partial charge in [0, 0.05) is 31.2 Å². The van der Waals surface area contributed by atoms with E-state index < -0.39 is 0 Å². The van der Waals surface area contributed by atoms with E-state index in [9.17, 15) is 4.79 Å². The van der Waals surface area contributed by atoms with E-state index in [0.29, 0.717) is 12.2 Å². The molecule has 0 radical (unpaired) electrons. The lowest BCUT2D eigenvalue weighted by atomic mass is 10.1. The van der Waals surface area contributed by atoms with Crippen LogP contribution in [0.15, 0.2) is 55.0 Å². The van der Waals surface area contributed by atoms with Crippen molar-refractivity contribution in [2.45, 2.75) is 6.54 Å². The second-order valence-electron chi connectivity index (χ2n) is 5.35. The molecule has 0 fully saturated rings. The first-order valence-electron chi connectivity index (χ1n) is 7.52. The smallest absolute Gasteiger partial charge is 0.206 e. The van der Waals surface area contributed by atoms with Crippen molar-refractivity contribution >= 4 is 11.9 Å². The van der Waals surface area contributed by atoms with Crippen LogP contribution in [0.4, 0.5) is 0 Å². The largest absolute Gasteiger partial charge is 0.496 e. The van der Waals surface area contributed by atoms with Gasteiger partial charge in [-0.1, -0.05) is 12.1 Å². The summed E-state index contributed by atoms with van der Waals surface area (Å²) in [6.45, 7) is 0.603. The van der Waals surface area contributed by atoms with E-state index in [0.717, 1.165) is 16.9 Å². The molecule has 0 bridgehead atoms. The van der Waals surface area contributed by atoms with Crippen molar-refractivity contribution in [1.29, 1.82) is 0 Å². The third kappa shape index (κ3) is 3.60. The molecule has 1 aromatic carbocycles. The van der Waals surface area contributed by atoms with E-state index in [1.54, 1.807) is 43.4 Å². The maximum atomic E-state index is 12.1. The van der Waals surface area contributed by atoms with Crippen LogP contribution in [-0.4, -0.2) is 32.5 Å². The third-order valence-corrected chi connectivity index (χ3v) is 3.59. The lowest BCUT2D eigenvalue weighted by Crippen LogP contribution is -2.02. The Labute approximate surface area is 140 Å². The van der Waals surface area contributed by atoms with E-state index in [1.807, 2.05) is 35.1 Å². The van der Waals surface area contributed by atoms with E-state index >= 15 is 0 Å². The van der Waals surface area contributed by atoms with Gasteiger partial charge in [-0.25, -0.2) is 0 Å². The van der Waals surface area contributed by atoms with Gasteiger partial charge in [0.25, 0.3) is 0 Å². The molecule has 2 aromatic heterocycles. The van der Waals surface area contributed by atoms with Crippen LogP contribution in [0.5, 0.6) is 5.75 Å². The molecule has 0 saturated heterocycles. The number of aromatic nitrogens is 4. The Morgan fingerprint density at radius 2 is 2.17 bits per heavy atom. The predicted octanol–water partition coefficient (Wildman–Crippen LogP) is 2.57. The molecular formula is C18H18N4O2. The Balaban J connectivity index is 1.80. The monoisotopic (exact) mass is 322 g/mol.